The number of halogens is 1. The summed E-state index contributed by atoms with van der Waals surface area (Å²) in [6.45, 7) is 1.93. The van der Waals surface area contributed by atoms with Gasteiger partial charge in [0.15, 0.2) is 6.61 Å². The molecule has 19 heavy (non-hydrogen) atoms. The number of nitrogens with zero attached hydrogens (tertiary/aromatic N) is 2. The summed E-state index contributed by atoms with van der Waals surface area (Å²) in [6, 6.07) is 7.32. The molecule has 0 spiro atoms. The van der Waals surface area contributed by atoms with Crippen LogP contribution in [0.25, 0.3) is 0 Å². The van der Waals surface area contributed by atoms with E-state index in [9.17, 15) is 4.79 Å². The fraction of sp³-hybridized carbons (Fsp3) is 0.250. The number of ether oxygens (including phenoxy) is 1. The minimum atomic E-state index is -0.251. The molecule has 1 aromatic heterocycles. The molecule has 0 fully saturated rings. The molecule has 5 nitrogen and oxygen atoms in total. The van der Waals surface area contributed by atoms with Crippen LogP contribution in [0, 0.1) is 0 Å². The summed E-state index contributed by atoms with van der Waals surface area (Å²) in [5.41, 5.74) is 0. The molecule has 0 saturated heterocycles. The third-order valence-corrected chi connectivity index (χ3v) is 3.66. The Morgan fingerprint density at radius 2 is 2.32 bits per heavy atom. The van der Waals surface area contributed by atoms with Crippen molar-refractivity contribution in [2.75, 3.05) is 11.9 Å². The minimum absolute atomic E-state index is 0.0580. The first-order valence-corrected chi connectivity index (χ1v) is 7.29. The normalized spacial score (nSPS) is 10.2. The van der Waals surface area contributed by atoms with Crippen molar-refractivity contribution in [3.8, 4) is 5.75 Å². The Bertz CT molecular complexity index is 574. The highest BCUT2D eigenvalue weighted by atomic mass is 79.9. The smallest absolute Gasteiger partial charge is 0.264 e. The lowest BCUT2D eigenvalue weighted by Gasteiger charge is -2.05. The van der Waals surface area contributed by atoms with Crippen LogP contribution in [0.3, 0.4) is 0 Å². The van der Waals surface area contributed by atoms with Gasteiger partial charge in [0.2, 0.25) is 5.13 Å². The van der Waals surface area contributed by atoms with Gasteiger partial charge in [-0.05, 0) is 24.6 Å². The van der Waals surface area contributed by atoms with E-state index in [1.807, 2.05) is 19.1 Å². The van der Waals surface area contributed by atoms with Crippen molar-refractivity contribution in [2.45, 2.75) is 13.3 Å². The SMILES string of the molecule is CCc1nnc(NC(=O)COc2cccc(Br)c2)s1. The second kappa shape index (κ2) is 6.63. The summed E-state index contributed by atoms with van der Waals surface area (Å²) in [6.07, 6.45) is 0.808. The van der Waals surface area contributed by atoms with Crippen LogP contribution in [0.1, 0.15) is 11.9 Å². The lowest BCUT2D eigenvalue weighted by atomic mass is 10.3. The van der Waals surface area contributed by atoms with E-state index in [0.717, 1.165) is 15.9 Å². The van der Waals surface area contributed by atoms with E-state index in [1.54, 1.807) is 12.1 Å². The van der Waals surface area contributed by atoms with Crippen molar-refractivity contribution >= 4 is 38.3 Å². The van der Waals surface area contributed by atoms with Crippen molar-refractivity contribution in [1.29, 1.82) is 0 Å². The summed E-state index contributed by atoms with van der Waals surface area (Å²) < 4.78 is 6.27. The molecule has 0 saturated carbocycles. The molecule has 7 heteroatoms. The van der Waals surface area contributed by atoms with Crippen molar-refractivity contribution < 1.29 is 9.53 Å². The van der Waals surface area contributed by atoms with E-state index >= 15 is 0 Å². The van der Waals surface area contributed by atoms with Crippen LogP contribution in [-0.2, 0) is 11.2 Å². The Hall–Kier alpha value is -1.47. The number of rotatable bonds is 5. The Kier molecular flexibility index (Phi) is 4.86. The number of aryl methyl sites for hydroxylation is 1. The summed E-state index contributed by atoms with van der Waals surface area (Å²) in [4.78, 5) is 11.7. The number of carbonyl (C=O) groups excluding carboxylic acids is 1. The van der Waals surface area contributed by atoms with Crippen LogP contribution in [0.4, 0.5) is 5.13 Å². The van der Waals surface area contributed by atoms with E-state index < -0.39 is 0 Å². The van der Waals surface area contributed by atoms with Crippen LogP contribution in [0.5, 0.6) is 5.75 Å². The van der Waals surface area contributed by atoms with Crippen molar-refractivity contribution in [3.63, 3.8) is 0 Å². The molecule has 1 aromatic carbocycles. The highest BCUT2D eigenvalue weighted by molar-refractivity contribution is 9.10. The number of aromatic nitrogens is 2. The van der Waals surface area contributed by atoms with E-state index in [0.29, 0.717) is 10.9 Å². The van der Waals surface area contributed by atoms with Gasteiger partial charge in [0.1, 0.15) is 10.8 Å². The van der Waals surface area contributed by atoms with Gasteiger partial charge in [0.05, 0.1) is 0 Å². The quantitative estimate of drug-likeness (QED) is 0.908. The number of benzene rings is 1. The predicted molar refractivity (Wildman–Crippen MR) is 77.6 cm³/mol. The Balaban J connectivity index is 1.84. The van der Waals surface area contributed by atoms with Gasteiger partial charge in [-0.25, -0.2) is 0 Å². The Labute approximate surface area is 123 Å². The van der Waals surface area contributed by atoms with Gasteiger partial charge in [0, 0.05) is 4.47 Å². The van der Waals surface area contributed by atoms with Crippen molar-refractivity contribution in [3.05, 3.63) is 33.7 Å². The topological polar surface area (TPSA) is 64.1 Å². The summed E-state index contributed by atoms with van der Waals surface area (Å²) in [5, 5.41) is 11.8. The number of nitrogens with one attached hydrogen (secondary N) is 1. The van der Waals surface area contributed by atoms with Gasteiger partial charge >= 0.3 is 0 Å². The number of anilines is 1. The average Bonchev–Trinajstić information content (AvgIpc) is 2.84. The molecule has 1 heterocycles. The minimum Gasteiger partial charge on any atom is -0.484 e. The van der Waals surface area contributed by atoms with Crippen LogP contribution >= 0.6 is 27.3 Å². The molecule has 0 bridgehead atoms. The highest BCUT2D eigenvalue weighted by Crippen LogP contribution is 2.18. The van der Waals surface area contributed by atoms with Crippen molar-refractivity contribution in [2.24, 2.45) is 0 Å². The summed E-state index contributed by atoms with van der Waals surface area (Å²) in [5.74, 6) is 0.384. The van der Waals surface area contributed by atoms with Gasteiger partial charge in [0.25, 0.3) is 5.91 Å². The predicted octanol–water partition coefficient (Wildman–Crippen LogP) is 2.88. The molecule has 1 amide bonds. The largest absolute Gasteiger partial charge is 0.484 e. The number of carbonyl (C=O) groups is 1. The molecule has 2 rings (SSSR count). The van der Waals surface area contributed by atoms with E-state index in [4.69, 9.17) is 4.74 Å². The van der Waals surface area contributed by atoms with Gasteiger partial charge in [-0.2, -0.15) is 0 Å². The van der Waals surface area contributed by atoms with Crippen LogP contribution < -0.4 is 10.1 Å². The lowest BCUT2D eigenvalue weighted by molar-refractivity contribution is -0.118. The Morgan fingerprint density at radius 3 is 3.00 bits per heavy atom. The zero-order chi connectivity index (χ0) is 13.7. The maximum atomic E-state index is 11.7. The lowest BCUT2D eigenvalue weighted by Crippen LogP contribution is -2.20. The average molecular weight is 342 g/mol. The maximum Gasteiger partial charge on any atom is 0.264 e. The molecule has 0 aliphatic heterocycles. The van der Waals surface area contributed by atoms with E-state index in [-0.39, 0.29) is 12.5 Å². The van der Waals surface area contributed by atoms with E-state index in [1.165, 1.54) is 11.3 Å². The molecule has 0 unspecified atom stereocenters. The third kappa shape index (κ3) is 4.29. The van der Waals surface area contributed by atoms with Gasteiger partial charge in [-0.15, -0.1) is 10.2 Å². The van der Waals surface area contributed by atoms with E-state index in [2.05, 4.69) is 31.4 Å². The number of hydrogen-bond donors (Lipinski definition) is 1. The van der Waals surface area contributed by atoms with Gasteiger partial charge in [-0.1, -0.05) is 40.3 Å². The first kappa shape index (κ1) is 14.0. The second-order valence-corrected chi connectivity index (χ2v) is 5.63. The molecular weight excluding hydrogens is 330 g/mol. The first-order chi connectivity index (χ1) is 9.17. The zero-order valence-corrected chi connectivity index (χ0v) is 12.6. The van der Waals surface area contributed by atoms with Crippen molar-refractivity contribution in [1.82, 2.24) is 10.2 Å². The number of amides is 1. The maximum absolute atomic E-state index is 11.7. The third-order valence-electron chi connectivity index (χ3n) is 2.18. The van der Waals surface area contributed by atoms with Crippen LogP contribution in [-0.4, -0.2) is 22.7 Å². The number of hydrogen-bond acceptors (Lipinski definition) is 5. The first-order valence-electron chi connectivity index (χ1n) is 5.68. The molecule has 0 atom stereocenters. The monoisotopic (exact) mass is 341 g/mol. The summed E-state index contributed by atoms with van der Waals surface area (Å²) >= 11 is 4.70. The fourth-order valence-electron chi connectivity index (χ4n) is 1.31. The fourth-order valence-corrected chi connectivity index (χ4v) is 2.38. The molecule has 100 valence electrons. The second-order valence-electron chi connectivity index (χ2n) is 3.65. The Morgan fingerprint density at radius 1 is 1.47 bits per heavy atom. The molecule has 0 aliphatic carbocycles. The molecule has 1 N–H and O–H groups in total. The van der Waals surface area contributed by atoms with Crippen LogP contribution in [0.2, 0.25) is 0 Å². The molecule has 0 radical (unpaired) electrons. The zero-order valence-electron chi connectivity index (χ0n) is 10.2. The van der Waals surface area contributed by atoms with Crippen LogP contribution in [0.15, 0.2) is 28.7 Å². The molecule has 2 aromatic rings. The van der Waals surface area contributed by atoms with Gasteiger partial charge < -0.3 is 4.74 Å². The molecular formula is C12H12BrN3O2S. The highest BCUT2D eigenvalue weighted by Gasteiger charge is 2.08. The molecule has 0 aliphatic rings. The van der Waals surface area contributed by atoms with Gasteiger partial charge in [-0.3, -0.25) is 10.1 Å². The standard InChI is InChI=1S/C12H12BrN3O2S/c1-2-11-15-16-12(19-11)14-10(17)7-18-9-5-3-4-8(13)6-9/h3-6H,2,7H2,1H3,(H,14,16,17). The summed E-state index contributed by atoms with van der Waals surface area (Å²) in [7, 11) is 0.